The van der Waals surface area contributed by atoms with E-state index < -0.39 is 0 Å². The average molecular weight is 278 g/mol. The highest BCUT2D eigenvalue weighted by Gasteiger charge is 2.11. The van der Waals surface area contributed by atoms with E-state index in [2.05, 4.69) is 21.0 Å². The van der Waals surface area contributed by atoms with Gasteiger partial charge < -0.3 is 0 Å². The zero-order chi connectivity index (χ0) is 13.9. The Morgan fingerprint density at radius 3 is 2.80 bits per heavy atom. The molecule has 0 atom stereocenters. The van der Waals surface area contributed by atoms with Crippen molar-refractivity contribution in [2.75, 3.05) is 0 Å². The topological polar surface area (TPSA) is 62.5 Å². The summed E-state index contributed by atoms with van der Waals surface area (Å²) in [7, 11) is 0. The molecule has 0 aliphatic rings. The van der Waals surface area contributed by atoms with Crippen LogP contribution in [0.2, 0.25) is 0 Å². The van der Waals surface area contributed by atoms with Crippen molar-refractivity contribution in [3.05, 3.63) is 54.0 Å². The third kappa shape index (κ3) is 2.33. The number of fused-ring (bicyclic) bond motifs is 1. The second kappa shape index (κ2) is 5.27. The number of nitrogens with zero attached hydrogens (tertiary/aromatic N) is 4. The SMILES string of the molecule is Cc1ccnc(Sc2c(C#N)cnc3ccccc23)n1. The summed E-state index contributed by atoms with van der Waals surface area (Å²) in [6.45, 7) is 1.92. The Balaban J connectivity index is 2.17. The summed E-state index contributed by atoms with van der Waals surface area (Å²) in [5, 5.41) is 10.8. The zero-order valence-electron chi connectivity index (χ0n) is 10.7. The van der Waals surface area contributed by atoms with Crippen molar-refractivity contribution in [1.29, 1.82) is 5.26 Å². The maximum Gasteiger partial charge on any atom is 0.192 e. The minimum atomic E-state index is 0.541. The van der Waals surface area contributed by atoms with E-state index in [0.29, 0.717) is 10.7 Å². The quantitative estimate of drug-likeness (QED) is 0.673. The molecule has 0 unspecified atom stereocenters. The molecule has 2 heterocycles. The number of aryl methyl sites for hydroxylation is 1. The van der Waals surface area contributed by atoms with Crippen LogP contribution in [-0.2, 0) is 0 Å². The van der Waals surface area contributed by atoms with Gasteiger partial charge in [0.2, 0.25) is 0 Å². The standard InChI is InChI=1S/C15H10N4S/c1-10-6-7-17-15(19-10)20-14-11(8-16)9-18-13-5-3-2-4-12(13)14/h2-7,9H,1H3. The molecule has 0 spiro atoms. The number of pyridine rings is 1. The lowest BCUT2D eigenvalue weighted by molar-refractivity contribution is 0.932. The molecule has 0 radical (unpaired) electrons. The second-order valence-corrected chi connectivity index (χ2v) is 5.19. The predicted molar refractivity (Wildman–Crippen MR) is 77.4 cm³/mol. The average Bonchev–Trinajstić information content (AvgIpc) is 2.48. The first-order valence-corrected chi connectivity index (χ1v) is 6.85. The smallest absolute Gasteiger partial charge is 0.192 e. The molecule has 4 nitrogen and oxygen atoms in total. The van der Waals surface area contributed by atoms with Crippen molar-refractivity contribution >= 4 is 22.7 Å². The van der Waals surface area contributed by atoms with Gasteiger partial charge in [-0.2, -0.15) is 5.26 Å². The van der Waals surface area contributed by atoms with Crippen molar-refractivity contribution in [3.8, 4) is 6.07 Å². The normalized spacial score (nSPS) is 10.4. The van der Waals surface area contributed by atoms with Crippen molar-refractivity contribution in [2.45, 2.75) is 17.0 Å². The van der Waals surface area contributed by atoms with E-state index in [9.17, 15) is 5.26 Å². The number of hydrogen-bond acceptors (Lipinski definition) is 5. The summed E-state index contributed by atoms with van der Waals surface area (Å²) >= 11 is 1.40. The van der Waals surface area contributed by atoms with Gasteiger partial charge in [-0.05, 0) is 30.8 Å². The van der Waals surface area contributed by atoms with Crippen LogP contribution in [0.5, 0.6) is 0 Å². The molecular formula is C15H10N4S. The number of hydrogen-bond donors (Lipinski definition) is 0. The Hall–Kier alpha value is -2.45. The molecule has 0 aliphatic heterocycles. The number of rotatable bonds is 2. The van der Waals surface area contributed by atoms with E-state index in [0.717, 1.165) is 21.5 Å². The highest BCUT2D eigenvalue weighted by molar-refractivity contribution is 7.99. The van der Waals surface area contributed by atoms with Gasteiger partial charge in [-0.3, -0.25) is 4.98 Å². The van der Waals surface area contributed by atoms with Crippen LogP contribution in [0.4, 0.5) is 0 Å². The number of para-hydroxylation sites is 1. The molecule has 0 bridgehead atoms. The summed E-state index contributed by atoms with van der Waals surface area (Å²) in [6, 6.07) is 11.8. The van der Waals surface area contributed by atoms with E-state index in [1.165, 1.54) is 11.8 Å². The van der Waals surface area contributed by atoms with Crippen molar-refractivity contribution in [1.82, 2.24) is 15.0 Å². The Bertz CT molecular complexity index is 823. The van der Waals surface area contributed by atoms with E-state index in [1.54, 1.807) is 12.4 Å². The molecule has 3 rings (SSSR count). The molecule has 0 saturated carbocycles. The van der Waals surface area contributed by atoms with Crippen molar-refractivity contribution in [3.63, 3.8) is 0 Å². The fraction of sp³-hybridized carbons (Fsp3) is 0.0667. The van der Waals surface area contributed by atoms with Gasteiger partial charge in [-0.1, -0.05) is 18.2 Å². The molecule has 3 aromatic rings. The van der Waals surface area contributed by atoms with E-state index in [-0.39, 0.29) is 0 Å². The molecule has 96 valence electrons. The Morgan fingerprint density at radius 2 is 2.00 bits per heavy atom. The van der Waals surface area contributed by atoms with Crippen LogP contribution in [-0.4, -0.2) is 15.0 Å². The molecule has 1 aromatic carbocycles. The Kier molecular flexibility index (Phi) is 3.32. The van der Waals surface area contributed by atoms with Gasteiger partial charge in [0, 0.05) is 28.4 Å². The molecule has 0 N–H and O–H groups in total. The summed E-state index contributed by atoms with van der Waals surface area (Å²) < 4.78 is 0. The maximum atomic E-state index is 9.27. The van der Waals surface area contributed by atoms with Gasteiger partial charge in [0.15, 0.2) is 5.16 Å². The van der Waals surface area contributed by atoms with Gasteiger partial charge in [0.1, 0.15) is 6.07 Å². The monoisotopic (exact) mass is 278 g/mol. The number of benzene rings is 1. The largest absolute Gasteiger partial charge is 0.255 e. The molecule has 0 aliphatic carbocycles. The molecule has 2 aromatic heterocycles. The third-order valence-corrected chi connectivity index (χ3v) is 3.84. The van der Waals surface area contributed by atoms with Crippen molar-refractivity contribution < 1.29 is 0 Å². The fourth-order valence-corrected chi connectivity index (χ4v) is 2.85. The van der Waals surface area contributed by atoms with E-state index >= 15 is 0 Å². The first-order valence-electron chi connectivity index (χ1n) is 6.03. The van der Waals surface area contributed by atoms with Crippen LogP contribution in [0.15, 0.2) is 52.8 Å². The fourth-order valence-electron chi connectivity index (χ4n) is 1.87. The first-order chi connectivity index (χ1) is 9.78. The van der Waals surface area contributed by atoms with Crippen LogP contribution in [0, 0.1) is 18.3 Å². The summed E-state index contributed by atoms with van der Waals surface area (Å²) in [6.07, 6.45) is 3.32. The Morgan fingerprint density at radius 1 is 1.15 bits per heavy atom. The third-order valence-electron chi connectivity index (χ3n) is 2.81. The lowest BCUT2D eigenvalue weighted by atomic mass is 10.2. The van der Waals surface area contributed by atoms with E-state index in [1.807, 2.05) is 37.3 Å². The van der Waals surface area contributed by atoms with Gasteiger partial charge >= 0.3 is 0 Å². The van der Waals surface area contributed by atoms with Gasteiger partial charge in [0.05, 0.1) is 11.1 Å². The van der Waals surface area contributed by atoms with Crippen LogP contribution < -0.4 is 0 Å². The first kappa shape index (κ1) is 12.6. The Labute approximate surface area is 120 Å². The predicted octanol–water partition coefficient (Wildman–Crippen LogP) is 3.36. The second-order valence-electron chi connectivity index (χ2n) is 4.21. The maximum absolute atomic E-state index is 9.27. The highest BCUT2D eigenvalue weighted by Crippen LogP contribution is 2.33. The number of aromatic nitrogens is 3. The molecule has 5 heteroatoms. The summed E-state index contributed by atoms with van der Waals surface area (Å²) in [5.74, 6) is 0. The molecule has 0 fully saturated rings. The molecule has 20 heavy (non-hydrogen) atoms. The summed E-state index contributed by atoms with van der Waals surface area (Å²) in [5.41, 5.74) is 2.31. The lowest BCUT2D eigenvalue weighted by Crippen LogP contribution is -1.92. The molecule has 0 saturated heterocycles. The van der Waals surface area contributed by atoms with Gasteiger partial charge in [-0.15, -0.1) is 0 Å². The van der Waals surface area contributed by atoms with Crippen LogP contribution in [0.1, 0.15) is 11.3 Å². The van der Waals surface area contributed by atoms with Crippen molar-refractivity contribution in [2.24, 2.45) is 0 Å². The van der Waals surface area contributed by atoms with E-state index in [4.69, 9.17) is 0 Å². The molecular weight excluding hydrogens is 268 g/mol. The minimum absolute atomic E-state index is 0.541. The van der Waals surface area contributed by atoms with Crippen LogP contribution in [0.3, 0.4) is 0 Å². The van der Waals surface area contributed by atoms with Crippen LogP contribution in [0.25, 0.3) is 10.9 Å². The highest BCUT2D eigenvalue weighted by atomic mass is 32.2. The van der Waals surface area contributed by atoms with Crippen LogP contribution >= 0.6 is 11.8 Å². The zero-order valence-corrected chi connectivity index (χ0v) is 11.6. The lowest BCUT2D eigenvalue weighted by Gasteiger charge is -2.07. The molecule has 0 amide bonds. The number of nitriles is 1. The summed E-state index contributed by atoms with van der Waals surface area (Å²) in [4.78, 5) is 13.8. The van der Waals surface area contributed by atoms with Gasteiger partial charge in [-0.25, -0.2) is 9.97 Å². The van der Waals surface area contributed by atoms with Gasteiger partial charge in [0.25, 0.3) is 0 Å². The minimum Gasteiger partial charge on any atom is -0.255 e.